The number of aliphatic hydroxyl groups is 1. The van der Waals surface area contributed by atoms with E-state index in [4.69, 9.17) is 16.3 Å². The van der Waals surface area contributed by atoms with Crippen LogP contribution in [0.2, 0.25) is 5.02 Å². The smallest absolute Gasteiger partial charge is 0.157 e. The van der Waals surface area contributed by atoms with Gasteiger partial charge >= 0.3 is 0 Å². The molecule has 8 atom stereocenters. The number of Topliss-reactive ketones (excluding diaryl/α,β-unsaturated/α-hetero) is 1. The highest BCUT2D eigenvalue weighted by molar-refractivity contribution is 6.31. The first-order valence-corrected chi connectivity index (χ1v) is 14.4. The van der Waals surface area contributed by atoms with Crippen molar-refractivity contribution in [1.82, 2.24) is 9.78 Å². The van der Waals surface area contributed by atoms with Crippen molar-refractivity contribution < 1.29 is 14.6 Å². The normalized spacial score (nSPS) is 42.1. The van der Waals surface area contributed by atoms with Crippen molar-refractivity contribution in [2.75, 3.05) is 13.7 Å². The average molecular weight is 513 g/mol. The van der Waals surface area contributed by atoms with E-state index in [1.165, 1.54) is 25.7 Å². The average Bonchev–Trinajstić information content (AvgIpc) is 3.40. The number of nitrogens with zero attached hydrogens (tertiary/aromatic N) is 2. The van der Waals surface area contributed by atoms with Crippen LogP contribution in [0.1, 0.15) is 71.6 Å². The van der Waals surface area contributed by atoms with E-state index in [9.17, 15) is 9.90 Å². The largest absolute Gasteiger partial charge is 0.387 e. The number of ketones is 1. The number of carbonyl (C=O) groups is 1. The highest BCUT2D eigenvalue weighted by Crippen LogP contribution is 2.68. The highest BCUT2D eigenvalue weighted by atomic mass is 35.5. The summed E-state index contributed by atoms with van der Waals surface area (Å²) in [6.45, 7) is 5.74. The lowest BCUT2D eigenvalue weighted by molar-refractivity contribution is -0.164. The van der Waals surface area contributed by atoms with Crippen LogP contribution in [0.4, 0.5) is 0 Å². The number of aromatic nitrogens is 2. The zero-order valence-electron chi connectivity index (χ0n) is 22.0. The van der Waals surface area contributed by atoms with Gasteiger partial charge in [0.25, 0.3) is 0 Å². The molecule has 4 aliphatic rings. The van der Waals surface area contributed by atoms with Crippen LogP contribution in [0.15, 0.2) is 24.4 Å². The number of hydrogen-bond donors (Lipinski definition) is 1. The predicted octanol–water partition coefficient (Wildman–Crippen LogP) is 6.30. The molecule has 5 nitrogen and oxygen atoms in total. The molecule has 1 aromatic carbocycles. The van der Waals surface area contributed by atoms with E-state index in [2.05, 4.69) is 18.9 Å². The van der Waals surface area contributed by atoms with Gasteiger partial charge < -0.3 is 9.84 Å². The van der Waals surface area contributed by atoms with Gasteiger partial charge in [-0.05, 0) is 110 Å². The molecular formula is C30H41ClN2O3. The number of benzene rings is 1. The van der Waals surface area contributed by atoms with E-state index in [1.54, 1.807) is 7.11 Å². The van der Waals surface area contributed by atoms with Crippen molar-refractivity contribution in [1.29, 1.82) is 0 Å². The third kappa shape index (κ3) is 3.79. The Hall–Kier alpha value is -1.43. The fraction of sp³-hybridized carbons (Fsp3) is 0.733. The molecule has 6 rings (SSSR count). The molecule has 4 fully saturated rings. The Morgan fingerprint density at radius 2 is 1.92 bits per heavy atom. The second-order valence-corrected chi connectivity index (χ2v) is 13.6. The molecule has 2 aromatic rings. The molecule has 0 amide bonds. The van der Waals surface area contributed by atoms with Crippen molar-refractivity contribution in [2.24, 2.45) is 40.4 Å². The minimum Gasteiger partial charge on any atom is -0.387 e. The van der Waals surface area contributed by atoms with E-state index >= 15 is 0 Å². The molecule has 0 bridgehead atoms. The van der Waals surface area contributed by atoms with Crippen molar-refractivity contribution >= 4 is 28.3 Å². The van der Waals surface area contributed by atoms with Gasteiger partial charge in [0.1, 0.15) is 6.54 Å². The van der Waals surface area contributed by atoms with Gasteiger partial charge in [-0.15, -0.1) is 0 Å². The van der Waals surface area contributed by atoms with Crippen LogP contribution < -0.4 is 0 Å². The number of halogens is 1. The predicted molar refractivity (Wildman–Crippen MR) is 142 cm³/mol. The number of hydrogen-bond acceptors (Lipinski definition) is 4. The van der Waals surface area contributed by atoms with Crippen molar-refractivity contribution in [3.05, 3.63) is 29.4 Å². The maximum absolute atomic E-state index is 13.8. The van der Waals surface area contributed by atoms with Crippen LogP contribution in [0.25, 0.3) is 10.9 Å². The van der Waals surface area contributed by atoms with Crippen molar-refractivity contribution in [3.8, 4) is 0 Å². The van der Waals surface area contributed by atoms with Gasteiger partial charge in [0.05, 0.1) is 23.9 Å². The number of carbonyl (C=O) groups excluding carboxylic acids is 1. The van der Waals surface area contributed by atoms with Crippen LogP contribution in [0.3, 0.4) is 0 Å². The third-order valence-electron chi connectivity index (χ3n) is 11.5. The Bertz CT molecular complexity index is 1160. The maximum Gasteiger partial charge on any atom is 0.157 e. The van der Waals surface area contributed by atoms with E-state index in [-0.39, 0.29) is 11.3 Å². The van der Waals surface area contributed by atoms with Gasteiger partial charge in [-0.2, -0.15) is 5.10 Å². The lowest BCUT2D eigenvalue weighted by Crippen LogP contribution is -2.57. The van der Waals surface area contributed by atoms with Crippen LogP contribution in [-0.4, -0.2) is 40.0 Å². The third-order valence-corrected chi connectivity index (χ3v) is 11.8. The second kappa shape index (κ2) is 8.81. The standard InChI is InChI=1S/C30H41ClN2O3/c1-28-12-13-30(35,18-36-3)15-20(28)5-7-22-23-8-9-25(29(23,2)11-10-24(22)28)27(34)17-33-26-14-21(31)6-4-19(26)16-32-33/h4,6,14,16,20,22-25,35H,5,7-13,15,17-18H2,1-3H3/t20-,22-,23-,24-,25+,28-,29-,30+/m0/s1. The monoisotopic (exact) mass is 512 g/mol. The summed E-state index contributed by atoms with van der Waals surface area (Å²) in [6, 6.07) is 5.76. The molecule has 6 heteroatoms. The van der Waals surface area contributed by atoms with Gasteiger partial charge in [0, 0.05) is 23.4 Å². The first-order chi connectivity index (χ1) is 17.2. The molecule has 4 saturated carbocycles. The van der Waals surface area contributed by atoms with Gasteiger partial charge in [-0.1, -0.05) is 25.4 Å². The molecule has 36 heavy (non-hydrogen) atoms. The van der Waals surface area contributed by atoms with Crippen LogP contribution in [0, 0.1) is 40.4 Å². The van der Waals surface area contributed by atoms with Crippen LogP contribution in [-0.2, 0) is 16.1 Å². The Balaban J connectivity index is 1.20. The minimum absolute atomic E-state index is 0.0908. The summed E-state index contributed by atoms with van der Waals surface area (Å²) in [5.41, 5.74) is 0.685. The number of ether oxygens (including phenoxy) is 1. The summed E-state index contributed by atoms with van der Waals surface area (Å²) in [6.07, 6.45) is 11.7. The van der Waals surface area contributed by atoms with Crippen LogP contribution in [0.5, 0.6) is 0 Å². The Morgan fingerprint density at radius 3 is 2.72 bits per heavy atom. The lowest BCUT2D eigenvalue weighted by Gasteiger charge is -2.62. The van der Waals surface area contributed by atoms with Crippen LogP contribution >= 0.6 is 11.6 Å². The molecule has 0 aliphatic heterocycles. The van der Waals surface area contributed by atoms with Gasteiger partial charge in [0.15, 0.2) is 5.78 Å². The van der Waals surface area contributed by atoms with E-state index in [1.807, 2.05) is 29.1 Å². The fourth-order valence-corrected chi connectivity index (χ4v) is 9.84. The molecule has 1 aromatic heterocycles. The summed E-state index contributed by atoms with van der Waals surface area (Å²) in [4.78, 5) is 13.8. The first kappa shape index (κ1) is 24.9. The molecule has 1 N–H and O–H groups in total. The van der Waals surface area contributed by atoms with Gasteiger partial charge in [0.2, 0.25) is 0 Å². The van der Waals surface area contributed by atoms with E-state index in [0.29, 0.717) is 53.0 Å². The lowest BCUT2D eigenvalue weighted by atomic mass is 9.44. The summed E-state index contributed by atoms with van der Waals surface area (Å²) >= 11 is 6.23. The summed E-state index contributed by atoms with van der Waals surface area (Å²) < 4.78 is 7.23. The van der Waals surface area contributed by atoms with E-state index < -0.39 is 5.60 Å². The zero-order valence-corrected chi connectivity index (χ0v) is 22.8. The number of methoxy groups -OCH3 is 1. The SMILES string of the molecule is COC[C@@]1(O)CC[C@@]2(C)[C@@H](CC[C@@H]3[C@@H]2CC[C@]2(C)[C@@H](C(=O)Cn4ncc5ccc(Cl)cc54)CC[C@@H]32)C1. The molecule has 4 aliphatic carbocycles. The zero-order chi connectivity index (χ0) is 25.3. The second-order valence-electron chi connectivity index (χ2n) is 13.2. The van der Waals surface area contributed by atoms with E-state index in [0.717, 1.165) is 43.0 Å². The Labute approximate surface area is 219 Å². The molecule has 0 saturated heterocycles. The molecule has 196 valence electrons. The highest BCUT2D eigenvalue weighted by Gasteiger charge is 2.62. The van der Waals surface area contributed by atoms with Gasteiger partial charge in [-0.3, -0.25) is 9.48 Å². The molecule has 0 radical (unpaired) electrons. The van der Waals surface area contributed by atoms with Gasteiger partial charge in [-0.25, -0.2) is 0 Å². The summed E-state index contributed by atoms with van der Waals surface area (Å²) in [7, 11) is 1.70. The first-order valence-electron chi connectivity index (χ1n) is 14.0. The fourth-order valence-electron chi connectivity index (χ4n) is 9.68. The topological polar surface area (TPSA) is 64.3 Å². The quantitative estimate of drug-likeness (QED) is 0.511. The number of rotatable bonds is 5. The van der Waals surface area contributed by atoms with Crippen molar-refractivity contribution in [2.45, 2.75) is 83.8 Å². The molecular weight excluding hydrogens is 472 g/mol. The molecule has 1 heterocycles. The number of fused-ring (bicyclic) bond motifs is 6. The molecule has 0 spiro atoms. The summed E-state index contributed by atoms with van der Waals surface area (Å²) in [5.74, 6) is 3.09. The van der Waals surface area contributed by atoms with Crippen molar-refractivity contribution in [3.63, 3.8) is 0 Å². The maximum atomic E-state index is 13.8. The summed E-state index contributed by atoms with van der Waals surface area (Å²) in [5, 5.41) is 17.3. The Kier molecular flexibility index (Phi) is 6.09. The Morgan fingerprint density at radius 1 is 1.11 bits per heavy atom. The molecule has 0 unspecified atom stereocenters. The minimum atomic E-state index is -0.652.